The summed E-state index contributed by atoms with van der Waals surface area (Å²) in [7, 11) is -3.49. The van der Waals surface area contributed by atoms with Gasteiger partial charge in [0.25, 0.3) is 0 Å². The number of carbonyl (C=O) groups is 1. The standard InChI is InChI=1S/C21H25BrN2O4S/c1-16(18-5-7-19(22)8-6-18)23-21(25)11-4-17-2-9-20(10-3-17)29(26,27)24-12-14-28-15-13-24/h2-3,5-10,16H,4,11-15H2,1H3,(H,23,25)/t16-/m1/s1. The van der Waals surface area contributed by atoms with Crippen LogP contribution in [0.2, 0.25) is 0 Å². The molecule has 29 heavy (non-hydrogen) atoms. The molecule has 1 aliphatic rings. The molecule has 0 spiro atoms. The Hall–Kier alpha value is -1.74. The maximum atomic E-state index is 12.6. The molecule has 2 aromatic carbocycles. The van der Waals surface area contributed by atoms with Crippen LogP contribution in [-0.4, -0.2) is 44.9 Å². The molecule has 0 aromatic heterocycles. The second-order valence-corrected chi connectivity index (χ2v) is 9.85. The zero-order chi connectivity index (χ0) is 20.9. The number of benzene rings is 2. The summed E-state index contributed by atoms with van der Waals surface area (Å²) in [4.78, 5) is 12.5. The van der Waals surface area contributed by atoms with E-state index in [2.05, 4.69) is 21.2 Å². The smallest absolute Gasteiger partial charge is 0.243 e. The number of ether oxygens (including phenoxy) is 1. The second-order valence-electron chi connectivity index (χ2n) is 7.00. The van der Waals surface area contributed by atoms with E-state index in [1.807, 2.05) is 31.2 Å². The molecule has 0 saturated carbocycles. The van der Waals surface area contributed by atoms with Gasteiger partial charge in [-0.2, -0.15) is 4.31 Å². The fourth-order valence-electron chi connectivity index (χ4n) is 3.17. The quantitative estimate of drug-likeness (QED) is 0.659. The SMILES string of the molecule is C[C@@H](NC(=O)CCc1ccc(S(=O)(=O)N2CCOCC2)cc1)c1ccc(Br)cc1. The minimum atomic E-state index is -3.49. The van der Waals surface area contributed by atoms with Crippen LogP contribution in [0.15, 0.2) is 57.9 Å². The third kappa shape index (κ3) is 5.88. The molecular formula is C21H25BrN2O4S. The van der Waals surface area contributed by atoms with Crippen molar-refractivity contribution in [2.75, 3.05) is 26.3 Å². The number of hydrogen-bond acceptors (Lipinski definition) is 4. The third-order valence-electron chi connectivity index (χ3n) is 4.92. The number of aryl methyl sites for hydroxylation is 1. The van der Waals surface area contributed by atoms with Crippen molar-refractivity contribution in [2.24, 2.45) is 0 Å². The van der Waals surface area contributed by atoms with Crippen molar-refractivity contribution in [3.8, 4) is 0 Å². The molecule has 1 N–H and O–H groups in total. The molecule has 2 aromatic rings. The van der Waals surface area contributed by atoms with Gasteiger partial charge in [-0.25, -0.2) is 8.42 Å². The number of nitrogens with zero attached hydrogens (tertiary/aromatic N) is 1. The highest BCUT2D eigenvalue weighted by Crippen LogP contribution is 2.19. The Morgan fingerprint density at radius 1 is 1.10 bits per heavy atom. The zero-order valence-corrected chi connectivity index (χ0v) is 18.7. The predicted molar refractivity (Wildman–Crippen MR) is 115 cm³/mol. The highest BCUT2D eigenvalue weighted by Gasteiger charge is 2.26. The van der Waals surface area contributed by atoms with Gasteiger partial charge in [-0.05, 0) is 48.7 Å². The molecule has 1 saturated heterocycles. The summed E-state index contributed by atoms with van der Waals surface area (Å²) in [5, 5.41) is 3.00. The summed E-state index contributed by atoms with van der Waals surface area (Å²) in [6.07, 6.45) is 0.896. The maximum absolute atomic E-state index is 12.6. The van der Waals surface area contributed by atoms with Crippen molar-refractivity contribution < 1.29 is 17.9 Å². The Kier molecular flexibility index (Phi) is 7.45. The van der Waals surface area contributed by atoms with Crippen molar-refractivity contribution >= 4 is 31.9 Å². The lowest BCUT2D eigenvalue weighted by Gasteiger charge is -2.26. The van der Waals surface area contributed by atoms with E-state index in [1.165, 1.54) is 4.31 Å². The normalized spacial score (nSPS) is 16.3. The van der Waals surface area contributed by atoms with Crippen LogP contribution in [0, 0.1) is 0 Å². The second kappa shape index (κ2) is 9.84. The van der Waals surface area contributed by atoms with Crippen molar-refractivity contribution in [1.82, 2.24) is 9.62 Å². The first-order chi connectivity index (χ1) is 13.9. The fraction of sp³-hybridized carbons (Fsp3) is 0.381. The lowest BCUT2D eigenvalue weighted by atomic mass is 10.1. The summed E-state index contributed by atoms with van der Waals surface area (Å²) >= 11 is 3.40. The van der Waals surface area contributed by atoms with Crippen LogP contribution in [-0.2, 0) is 26.0 Å². The Bertz CT molecular complexity index is 924. The van der Waals surface area contributed by atoms with E-state index in [0.29, 0.717) is 39.1 Å². The van der Waals surface area contributed by atoms with Gasteiger partial charge in [0.1, 0.15) is 0 Å². The van der Waals surface area contributed by atoms with Crippen molar-refractivity contribution in [1.29, 1.82) is 0 Å². The molecule has 0 aliphatic carbocycles. The summed E-state index contributed by atoms with van der Waals surface area (Å²) in [5.74, 6) is -0.0366. The third-order valence-corrected chi connectivity index (χ3v) is 7.36. The van der Waals surface area contributed by atoms with Crippen LogP contribution < -0.4 is 5.32 Å². The van der Waals surface area contributed by atoms with Gasteiger partial charge in [-0.15, -0.1) is 0 Å². The molecule has 1 fully saturated rings. The van der Waals surface area contributed by atoms with Crippen LogP contribution in [0.1, 0.15) is 30.5 Å². The van der Waals surface area contributed by atoms with E-state index in [4.69, 9.17) is 4.74 Å². The summed E-state index contributed by atoms with van der Waals surface area (Å²) < 4.78 is 33.0. The van der Waals surface area contributed by atoms with E-state index in [0.717, 1.165) is 15.6 Å². The first-order valence-electron chi connectivity index (χ1n) is 9.58. The molecule has 8 heteroatoms. The number of carbonyl (C=O) groups excluding carboxylic acids is 1. The van der Waals surface area contributed by atoms with E-state index in [-0.39, 0.29) is 16.8 Å². The Morgan fingerprint density at radius 3 is 2.34 bits per heavy atom. The van der Waals surface area contributed by atoms with Gasteiger partial charge in [0.05, 0.1) is 24.2 Å². The van der Waals surface area contributed by atoms with Crippen molar-refractivity contribution in [3.05, 3.63) is 64.1 Å². The molecule has 1 heterocycles. The van der Waals surface area contributed by atoms with E-state index >= 15 is 0 Å². The van der Waals surface area contributed by atoms with Gasteiger partial charge < -0.3 is 10.1 Å². The van der Waals surface area contributed by atoms with Gasteiger partial charge in [0.15, 0.2) is 0 Å². The number of amides is 1. The Labute approximate surface area is 180 Å². The van der Waals surface area contributed by atoms with Crippen LogP contribution in [0.5, 0.6) is 0 Å². The zero-order valence-electron chi connectivity index (χ0n) is 16.3. The number of halogens is 1. The maximum Gasteiger partial charge on any atom is 0.243 e. The number of sulfonamides is 1. The average molecular weight is 481 g/mol. The largest absolute Gasteiger partial charge is 0.379 e. The van der Waals surface area contributed by atoms with E-state index < -0.39 is 10.0 Å². The van der Waals surface area contributed by atoms with Crippen molar-refractivity contribution in [2.45, 2.75) is 30.7 Å². The fourth-order valence-corrected chi connectivity index (χ4v) is 4.84. The highest BCUT2D eigenvalue weighted by atomic mass is 79.9. The first kappa shape index (κ1) is 22.0. The lowest BCUT2D eigenvalue weighted by molar-refractivity contribution is -0.121. The van der Waals surface area contributed by atoms with Crippen LogP contribution in [0.4, 0.5) is 0 Å². The monoisotopic (exact) mass is 480 g/mol. The minimum absolute atomic E-state index is 0.0366. The molecule has 0 bridgehead atoms. The summed E-state index contributed by atoms with van der Waals surface area (Å²) in [6.45, 7) is 3.55. The molecular weight excluding hydrogens is 456 g/mol. The number of rotatable bonds is 7. The predicted octanol–water partition coefficient (Wildman–Crippen LogP) is 3.28. The van der Waals surface area contributed by atoms with Crippen molar-refractivity contribution in [3.63, 3.8) is 0 Å². The molecule has 1 amide bonds. The molecule has 1 atom stereocenters. The Balaban J connectivity index is 1.53. The van der Waals surface area contributed by atoms with Crippen LogP contribution >= 0.6 is 15.9 Å². The van der Waals surface area contributed by atoms with Gasteiger partial charge in [-0.1, -0.05) is 40.2 Å². The summed E-state index contributed by atoms with van der Waals surface area (Å²) in [6, 6.07) is 14.6. The highest BCUT2D eigenvalue weighted by molar-refractivity contribution is 9.10. The van der Waals surface area contributed by atoms with Gasteiger partial charge in [-0.3, -0.25) is 4.79 Å². The Morgan fingerprint density at radius 2 is 1.72 bits per heavy atom. The first-order valence-corrected chi connectivity index (χ1v) is 11.8. The molecule has 0 radical (unpaired) electrons. The van der Waals surface area contributed by atoms with E-state index in [9.17, 15) is 13.2 Å². The van der Waals surface area contributed by atoms with Gasteiger partial charge in [0.2, 0.25) is 15.9 Å². The van der Waals surface area contributed by atoms with E-state index in [1.54, 1.807) is 24.3 Å². The molecule has 1 aliphatic heterocycles. The average Bonchev–Trinajstić information content (AvgIpc) is 2.73. The minimum Gasteiger partial charge on any atom is -0.379 e. The lowest BCUT2D eigenvalue weighted by Crippen LogP contribution is -2.40. The molecule has 6 nitrogen and oxygen atoms in total. The molecule has 156 valence electrons. The van der Waals surface area contributed by atoms with Gasteiger partial charge >= 0.3 is 0 Å². The molecule has 3 rings (SSSR count). The summed E-state index contributed by atoms with van der Waals surface area (Å²) in [5.41, 5.74) is 1.97. The number of hydrogen-bond donors (Lipinski definition) is 1. The van der Waals surface area contributed by atoms with Crippen LogP contribution in [0.25, 0.3) is 0 Å². The number of morpholine rings is 1. The topological polar surface area (TPSA) is 75.7 Å². The van der Waals surface area contributed by atoms with Gasteiger partial charge in [0, 0.05) is 24.0 Å². The molecule has 0 unspecified atom stereocenters. The van der Waals surface area contributed by atoms with Crippen LogP contribution in [0.3, 0.4) is 0 Å². The number of nitrogens with one attached hydrogen (secondary N) is 1.